The van der Waals surface area contributed by atoms with Crippen LogP contribution in [0, 0.1) is 0 Å². The third-order valence-electron chi connectivity index (χ3n) is 14.6. The van der Waals surface area contributed by atoms with E-state index in [-0.39, 0.29) is 31.1 Å². The molecule has 0 aliphatic rings. The Morgan fingerprint density at radius 1 is 0.270 bits per heavy atom. The van der Waals surface area contributed by atoms with Crippen molar-refractivity contribution in [2.45, 2.75) is 354 Å². The largest absolute Gasteiger partial charge is 0.462 e. The van der Waals surface area contributed by atoms with Crippen molar-refractivity contribution in [3.8, 4) is 0 Å². The second-order valence-corrected chi connectivity index (χ2v) is 22.0. The molecule has 0 aromatic rings. The molecule has 1 atom stereocenters. The summed E-state index contributed by atoms with van der Waals surface area (Å²) in [7, 11) is 0. The van der Waals surface area contributed by atoms with Crippen molar-refractivity contribution in [3.63, 3.8) is 0 Å². The van der Waals surface area contributed by atoms with E-state index >= 15 is 0 Å². The quantitative estimate of drug-likeness (QED) is 0.0261. The zero-order valence-corrected chi connectivity index (χ0v) is 49.6. The summed E-state index contributed by atoms with van der Waals surface area (Å²) in [5.74, 6) is -0.862. The van der Waals surface area contributed by atoms with E-state index < -0.39 is 6.10 Å². The van der Waals surface area contributed by atoms with E-state index in [0.717, 1.165) is 77.0 Å². The van der Waals surface area contributed by atoms with Gasteiger partial charge in [-0.05, 0) is 83.5 Å². The van der Waals surface area contributed by atoms with Gasteiger partial charge in [-0.2, -0.15) is 0 Å². The van der Waals surface area contributed by atoms with Gasteiger partial charge >= 0.3 is 17.9 Å². The van der Waals surface area contributed by atoms with Crippen LogP contribution in [0.5, 0.6) is 0 Å². The molecule has 0 amide bonds. The molecule has 0 N–H and O–H groups in total. The van der Waals surface area contributed by atoms with Crippen molar-refractivity contribution < 1.29 is 28.6 Å². The molecule has 0 fully saturated rings. The first-order valence-electron chi connectivity index (χ1n) is 32.6. The highest BCUT2D eigenvalue weighted by molar-refractivity contribution is 5.71. The van der Waals surface area contributed by atoms with Crippen LogP contribution in [0.25, 0.3) is 0 Å². The lowest BCUT2D eigenvalue weighted by molar-refractivity contribution is -0.167. The second-order valence-electron chi connectivity index (χ2n) is 22.0. The number of ether oxygens (including phenoxy) is 3. The molecule has 0 aliphatic carbocycles. The van der Waals surface area contributed by atoms with Gasteiger partial charge in [-0.25, -0.2) is 0 Å². The van der Waals surface area contributed by atoms with E-state index in [1.807, 2.05) is 0 Å². The molecule has 0 bridgehead atoms. The molecule has 0 aliphatic heterocycles. The van der Waals surface area contributed by atoms with Gasteiger partial charge in [0.1, 0.15) is 13.2 Å². The van der Waals surface area contributed by atoms with Crippen LogP contribution in [0.2, 0.25) is 0 Å². The van der Waals surface area contributed by atoms with Gasteiger partial charge in [-0.3, -0.25) is 14.4 Å². The van der Waals surface area contributed by atoms with Crippen LogP contribution in [-0.4, -0.2) is 37.2 Å². The maximum Gasteiger partial charge on any atom is 0.306 e. The van der Waals surface area contributed by atoms with Crippen LogP contribution in [0.15, 0.2) is 48.6 Å². The number of carbonyl (C=O) groups is 3. The van der Waals surface area contributed by atoms with Crippen molar-refractivity contribution in [1.29, 1.82) is 0 Å². The van der Waals surface area contributed by atoms with E-state index in [1.165, 1.54) is 231 Å². The van der Waals surface area contributed by atoms with Gasteiger partial charge in [0.2, 0.25) is 0 Å². The fourth-order valence-electron chi connectivity index (χ4n) is 9.62. The van der Waals surface area contributed by atoms with Crippen LogP contribution >= 0.6 is 0 Å². The number of carbonyl (C=O) groups excluding carboxylic acids is 3. The van der Waals surface area contributed by atoms with Gasteiger partial charge in [0.25, 0.3) is 0 Å². The number of unbranched alkanes of at least 4 members (excludes halogenated alkanes) is 41. The van der Waals surface area contributed by atoms with E-state index in [1.54, 1.807) is 0 Å². The van der Waals surface area contributed by atoms with E-state index in [4.69, 9.17) is 14.2 Å². The average molecular weight is 1040 g/mol. The molecular weight excluding hydrogens is 913 g/mol. The number of hydrogen-bond donors (Lipinski definition) is 0. The highest BCUT2D eigenvalue weighted by Gasteiger charge is 2.19. The van der Waals surface area contributed by atoms with Gasteiger partial charge in [0.15, 0.2) is 6.10 Å². The first kappa shape index (κ1) is 71.4. The Hall–Kier alpha value is -2.63. The van der Waals surface area contributed by atoms with Gasteiger partial charge in [-0.15, -0.1) is 0 Å². The van der Waals surface area contributed by atoms with Crippen molar-refractivity contribution >= 4 is 17.9 Å². The fourth-order valence-corrected chi connectivity index (χ4v) is 9.62. The summed E-state index contributed by atoms with van der Waals surface area (Å²) in [5.41, 5.74) is 0. The summed E-state index contributed by atoms with van der Waals surface area (Å²) in [5, 5.41) is 0. The van der Waals surface area contributed by atoms with Crippen molar-refractivity contribution in [2.24, 2.45) is 0 Å². The molecule has 0 saturated heterocycles. The van der Waals surface area contributed by atoms with E-state index in [0.29, 0.717) is 19.3 Å². The normalized spacial score (nSPS) is 12.3. The molecule has 6 nitrogen and oxygen atoms in total. The predicted octanol–water partition coefficient (Wildman–Crippen LogP) is 22.2. The van der Waals surface area contributed by atoms with Gasteiger partial charge < -0.3 is 14.2 Å². The molecule has 0 saturated carbocycles. The van der Waals surface area contributed by atoms with Crippen molar-refractivity contribution in [3.05, 3.63) is 48.6 Å². The zero-order valence-electron chi connectivity index (χ0n) is 49.6. The van der Waals surface area contributed by atoms with Crippen LogP contribution < -0.4 is 0 Å². The second kappa shape index (κ2) is 62.9. The van der Waals surface area contributed by atoms with Crippen LogP contribution in [0.3, 0.4) is 0 Å². The molecule has 0 aromatic carbocycles. The third-order valence-corrected chi connectivity index (χ3v) is 14.6. The lowest BCUT2D eigenvalue weighted by Crippen LogP contribution is -2.30. The van der Waals surface area contributed by atoms with Gasteiger partial charge in [0.05, 0.1) is 0 Å². The maximum atomic E-state index is 12.9. The summed E-state index contributed by atoms with van der Waals surface area (Å²) < 4.78 is 16.9. The fraction of sp³-hybridized carbons (Fsp3) is 0.838. The monoisotopic (exact) mass is 1040 g/mol. The maximum absolute atomic E-state index is 12.9. The number of hydrogen-bond acceptors (Lipinski definition) is 6. The van der Waals surface area contributed by atoms with Gasteiger partial charge in [0, 0.05) is 19.3 Å². The average Bonchev–Trinajstić information content (AvgIpc) is 3.40. The van der Waals surface area contributed by atoms with Crippen LogP contribution in [0.4, 0.5) is 0 Å². The smallest absolute Gasteiger partial charge is 0.306 e. The molecule has 0 radical (unpaired) electrons. The van der Waals surface area contributed by atoms with Crippen LogP contribution in [-0.2, 0) is 28.6 Å². The summed E-state index contributed by atoms with van der Waals surface area (Å²) >= 11 is 0. The first-order valence-corrected chi connectivity index (χ1v) is 32.6. The molecule has 432 valence electrons. The van der Waals surface area contributed by atoms with E-state index in [9.17, 15) is 14.4 Å². The molecule has 74 heavy (non-hydrogen) atoms. The SMILES string of the molecule is CCCCCC/C=C\CCCCCCCC(=O)OCC(COC(=O)CCCCCCCCCCCCCC/C=C\C/C=C\C/C=C\CCCCCCC)OC(=O)CCCCCCCCCCCCCCCCCC. The molecule has 0 spiro atoms. The summed E-state index contributed by atoms with van der Waals surface area (Å²) in [4.78, 5) is 38.3. The summed E-state index contributed by atoms with van der Waals surface area (Å²) in [6.07, 6.45) is 78.3. The number of allylic oxidation sites excluding steroid dienone is 8. The topological polar surface area (TPSA) is 78.9 Å². The molecule has 0 aromatic heterocycles. The lowest BCUT2D eigenvalue weighted by Gasteiger charge is -2.18. The predicted molar refractivity (Wildman–Crippen MR) is 321 cm³/mol. The molecule has 6 heteroatoms. The number of esters is 3. The van der Waals surface area contributed by atoms with Gasteiger partial charge in [-0.1, -0.05) is 294 Å². The Bertz CT molecular complexity index is 1280. The van der Waals surface area contributed by atoms with E-state index in [2.05, 4.69) is 69.4 Å². The van der Waals surface area contributed by atoms with Crippen LogP contribution in [0.1, 0.15) is 348 Å². The number of rotatable bonds is 60. The standard InChI is InChI=1S/C68H124O6/c1-4-7-10-13-16-19-22-25-27-29-30-31-32-33-34-35-36-37-38-39-41-43-46-49-52-55-58-61-67(70)73-64-65(63-72-66(69)60-57-54-51-48-45-42-24-21-18-15-12-9-6-3)74-68(71)62-59-56-53-50-47-44-40-28-26-23-20-17-14-11-8-5-2/h21-22,24-25,29-30,32-33,65H,4-20,23,26-28,31,34-64H2,1-3H3/b24-21-,25-22-,30-29-,33-32-. The Morgan fingerprint density at radius 2 is 0.486 bits per heavy atom. The highest BCUT2D eigenvalue weighted by Crippen LogP contribution is 2.17. The zero-order chi connectivity index (χ0) is 53.6. The minimum absolute atomic E-state index is 0.0727. The Kier molecular flexibility index (Phi) is 60.7. The minimum atomic E-state index is -0.775. The first-order chi connectivity index (χ1) is 36.5. The van der Waals surface area contributed by atoms with Crippen molar-refractivity contribution in [1.82, 2.24) is 0 Å². The summed E-state index contributed by atoms with van der Waals surface area (Å²) in [6.45, 7) is 6.66. The molecule has 0 rings (SSSR count). The van der Waals surface area contributed by atoms with Crippen molar-refractivity contribution in [2.75, 3.05) is 13.2 Å². The highest BCUT2D eigenvalue weighted by atomic mass is 16.6. The Morgan fingerprint density at radius 3 is 0.784 bits per heavy atom. The Labute approximate surface area is 460 Å². The molecule has 1 unspecified atom stereocenters. The third kappa shape index (κ3) is 60.2. The minimum Gasteiger partial charge on any atom is -0.462 e. The summed E-state index contributed by atoms with van der Waals surface area (Å²) in [6, 6.07) is 0. The molecular formula is C68H124O6. The molecule has 0 heterocycles. The Balaban J connectivity index is 4.24. The lowest BCUT2D eigenvalue weighted by atomic mass is 10.0.